The van der Waals surface area contributed by atoms with Gasteiger partial charge in [-0.15, -0.1) is 0 Å². The topological polar surface area (TPSA) is 49.0 Å². The maximum Gasteiger partial charge on any atom is 0.255 e. The van der Waals surface area contributed by atoms with E-state index in [-0.39, 0.29) is 5.56 Å². The van der Waals surface area contributed by atoms with Crippen molar-refractivity contribution in [2.24, 2.45) is 0 Å². The molecule has 4 heteroatoms. The predicted molar refractivity (Wildman–Crippen MR) is 83.3 cm³/mol. The normalized spacial score (nSPS) is 15.0. The van der Waals surface area contributed by atoms with Gasteiger partial charge < -0.3 is 4.98 Å². The number of benzene rings is 1. The second-order valence-electron chi connectivity index (χ2n) is 5.97. The molecule has 1 aromatic carbocycles. The Morgan fingerprint density at radius 2 is 2.10 bits per heavy atom. The summed E-state index contributed by atoms with van der Waals surface area (Å²) < 4.78 is 0. The van der Waals surface area contributed by atoms with Gasteiger partial charge in [-0.2, -0.15) is 0 Å². The first-order valence-corrected chi connectivity index (χ1v) is 7.40. The molecule has 110 valence electrons. The van der Waals surface area contributed by atoms with Gasteiger partial charge in [0.15, 0.2) is 0 Å². The third kappa shape index (κ3) is 2.90. The van der Waals surface area contributed by atoms with Crippen LogP contribution in [0.3, 0.4) is 0 Å². The fraction of sp³-hybridized carbons (Fsp3) is 0.412. The lowest BCUT2D eigenvalue weighted by atomic mass is 10.0. The van der Waals surface area contributed by atoms with Crippen LogP contribution in [-0.4, -0.2) is 21.4 Å². The van der Waals surface area contributed by atoms with Crippen molar-refractivity contribution in [3.63, 3.8) is 0 Å². The first-order valence-electron chi connectivity index (χ1n) is 7.40. The van der Waals surface area contributed by atoms with Crippen molar-refractivity contribution in [2.45, 2.75) is 40.3 Å². The Hall–Kier alpha value is -1.94. The van der Waals surface area contributed by atoms with E-state index in [1.807, 2.05) is 6.92 Å². The highest BCUT2D eigenvalue weighted by atomic mass is 16.1. The molecule has 4 nitrogen and oxygen atoms in total. The van der Waals surface area contributed by atoms with Crippen LogP contribution < -0.4 is 5.56 Å². The van der Waals surface area contributed by atoms with Gasteiger partial charge in [-0.25, -0.2) is 4.98 Å². The summed E-state index contributed by atoms with van der Waals surface area (Å²) in [4.78, 5) is 21.7. The SMILES string of the molecule is Cc1ccc(C)c(CN2CCc3nc(C)[nH]c(=O)c3C2)c1. The van der Waals surface area contributed by atoms with E-state index in [9.17, 15) is 4.79 Å². The van der Waals surface area contributed by atoms with Crippen molar-refractivity contribution in [1.82, 2.24) is 14.9 Å². The fourth-order valence-corrected chi connectivity index (χ4v) is 2.95. The van der Waals surface area contributed by atoms with Gasteiger partial charge in [0.05, 0.1) is 11.3 Å². The molecule has 3 rings (SSSR count). The van der Waals surface area contributed by atoms with Gasteiger partial charge >= 0.3 is 0 Å². The van der Waals surface area contributed by atoms with E-state index in [0.29, 0.717) is 12.4 Å². The van der Waals surface area contributed by atoms with Crippen molar-refractivity contribution < 1.29 is 0 Å². The van der Waals surface area contributed by atoms with Crippen LogP contribution >= 0.6 is 0 Å². The van der Waals surface area contributed by atoms with E-state index in [2.05, 4.69) is 46.9 Å². The number of rotatable bonds is 2. The number of hydrogen-bond donors (Lipinski definition) is 1. The molecule has 0 unspecified atom stereocenters. The summed E-state index contributed by atoms with van der Waals surface area (Å²) in [5.74, 6) is 0.710. The van der Waals surface area contributed by atoms with E-state index in [1.165, 1.54) is 16.7 Å². The summed E-state index contributed by atoms with van der Waals surface area (Å²) in [6.45, 7) is 8.63. The largest absolute Gasteiger partial charge is 0.310 e. The minimum Gasteiger partial charge on any atom is -0.310 e. The highest BCUT2D eigenvalue weighted by Gasteiger charge is 2.21. The summed E-state index contributed by atoms with van der Waals surface area (Å²) in [7, 11) is 0. The first-order chi connectivity index (χ1) is 10.0. The average molecular weight is 283 g/mol. The molecule has 0 amide bonds. The number of aromatic nitrogens is 2. The smallest absolute Gasteiger partial charge is 0.255 e. The predicted octanol–water partition coefficient (Wildman–Crippen LogP) is 2.25. The molecule has 0 atom stereocenters. The molecule has 0 fully saturated rings. The lowest BCUT2D eigenvalue weighted by Crippen LogP contribution is -2.35. The van der Waals surface area contributed by atoms with E-state index in [0.717, 1.165) is 30.8 Å². The quantitative estimate of drug-likeness (QED) is 0.919. The summed E-state index contributed by atoms with van der Waals surface area (Å²) in [6, 6.07) is 6.55. The number of H-pyrrole nitrogens is 1. The molecule has 2 aromatic rings. The Morgan fingerprint density at radius 3 is 2.90 bits per heavy atom. The van der Waals surface area contributed by atoms with Gasteiger partial charge in [0.2, 0.25) is 0 Å². The Labute approximate surface area is 124 Å². The lowest BCUT2D eigenvalue weighted by molar-refractivity contribution is 0.241. The number of hydrogen-bond acceptors (Lipinski definition) is 3. The Kier molecular flexibility index (Phi) is 3.64. The Morgan fingerprint density at radius 1 is 1.29 bits per heavy atom. The molecule has 2 heterocycles. The van der Waals surface area contributed by atoms with Crippen LogP contribution in [0, 0.1) is 20.8 Å². The highest BCUT2D eigenvalue weighted by Crippen LogP contribution is 2.19. The summed E-state index contributed by atoms with van der Waals surface area (Å²) >= 11 is 0. The summed E-state index contributed by atoms with van der Waals surface area (Å²) in [6.07, 6.45) is 0.852. The molecule has 21 heavy (non-hydrogen) atoms. The molecule has 1 aromatic heterocycles. The zero-order valence-corrected chi connectivity index (χ0v) is 12.9. The van der Waals surface area contributed by atoms with E-state index in [4.69, 9.17) is 0 Å². The van der Waals surface area contributed by atoms with Gasteiger partial charge in [0, 0.05) is 26.1 Å². The fourth-order valence-electron chi connectivity index (χ4n) is 2.95. The van der Waals surface area contributed by atoms with Crippen LogP contribution in [0.2, 0.25) is 0 Å². The third-order valence-corrected chi connectivity index (χ3v) is 4.16. The van der Waals surface area contributed by atoms with Crippen LogP contribution in [0.4, 0.5) is 0 Å². The standard InChI is InChI=1S/C17H21N3O/c1-11-4-5-12(2)14(8-11)9-20-7-6-16-15(10-20)17(21)19-13(3)18-16/h4-5,8H,6-7,9-10H2,1-3H3,(H,18,19,21). The molecule has 0 saturated heterocycles. The molecule has 0 aliphatic carbocycles. The van der Waals surface area contributed by atoms with Gasteiger partial charge in [0.25, 0.3) is 5.56 Å². The van der Waals surface area contributed by atoms with Crippen LogP contribution in [0.25, 0.3) is 0 Å². The van der Waals surface area contributed by atoms with Crippen LogP contribution in [-0.2, 0) is 19.5 Å². The zero-order valence-electron chi connectivity index (χ0n) is 12.9. The molecular formula is C17H21N3O. The van der Waals surface area contributed by atoms with Crippen LogP contribution in [0.15, 0.2) is 23.0 Å². The molecule has 0 saturated carbocycles. The number of nitrogens with zero attached hydrogens (tertiary/aromatic N) is 2. The molecule has 1 N–H and O–H groups in total. The van der Waals surface area contributed by atoms with Crippen molar-refractivity contribution >= 4 is 0 Å². The van der Waals surface area contributed by atoms with Gasteiger partial charge in [-0.3, -0.25) is 9.69 Å². The van der Waals surface area contributed by atoms with Crippen molar-refractivity contribution in [3.8, 4) is 0 Å². The minimum absolute atomic E-state index is 0.0168. The number of aromatic amines is 1. The highest BCUT2D eigenvalue weighted by molar-refractivity contribution is 5.31. The zero-order chi connectivity index (χ0) is 15.0. The summed E-state index contributed by atoms with van der Waals surface area (Å²) in [5.41, 5.74) is 5.74. The number of aryl methyl sites for hydroxylation is 3. The van der Waals surface area contributed by atoms with E-state index >= 15 is 0 Å². The maximum absolute atomic E-state index is 12.1. The van der Waals surface area contributed by atoms with Crippen LogP contribution in [0.1, 0.15) is 33.8 Å². The number of nitrogens with one attached hydrogen (secondary N) is 1. The van der Waals surface area contributed by atoms with Gasteiger partial charge in [-0.1, -0.05) is 23.8 Å². The Bertz CT molecular complexity index is 733. The molecular weight excluding hydrogens is 262 g/mol. The Balaban J connectivity index is 1.83. The second-order valence-corrected chi connectivity index (χ2v) is 5.97. The van der Waals surface area contributed by atoms with E-state index in [1.54, 1.807) is 0 Å². The number of fused-ring (bicyclic) bond motifs is 1. The molecule has 0 radical (unpaired) electrons. The van der Waals surface area contributed by atoms with Crippen LogP contribution in [0.5, 0.6) is 0 Å². The van der Waals surface area contributed by atoms with Crippen molar-refractivity contribution in [3.05, 3.63) is 62.3 Å². The third-order valence-electron chi connectivity index (χ3n) is 4.16. The van der Waals surface area contributed by atoms with Crippen molar-refractivity contribution in [2.75, 3.05) is 6.54 Å². The monoisotopic (exact) mass is 283 g/mol. The lowest BCUT2D eigenvalue weighted by Gasteiger charge is -2.28. The molecule has 1 aliphatic rings. The average Bonchev–Trinajstić information content (AvgIpc) is 2.43. The second kappa shape index (κ2) is 5.45. The first kappa shape index (κ1) is 14.0. The molecule has 1 aliphatic heterocycles. The molecule has 0 bridgehead atoms. The molecule has 0 spiro atoms. The van der Waals surface area contributed by atoms with Gasteiger partial charge in [-0.05, 0) is 31.9 Å². The minimum atomic E-state index is 0.0168. The van der Waals surface area contributed by atoms with Gasteiger partial charge in [0.1, 0.15) is 5.82 Å². The van der Waals surface area contributed by atoms with Crippen molar-refractivity contribution in [1.29, 1.82) is 0 Å². The maximum atomic E-state index is 12.1. The van der Waals surface area contributed by atoms with E-state index < -0.39 is 0 Å². The summed E-state index contributed by atoms with van der Waals surface area (Å²) in [5, 5.41) is 0.